The van der Waals surface area contributed by atoms with Gasteiger partial charge in [0.25, 0.3) is 10.0 Å². The van der Waals surface area contributed by atoms with Gasteiger partial charge in [-0.2, -0.15) is 8.42 Å². The Balaban J connectivity index is 2.37. The van der Waals surface area contributed by atoms with Crippen molar-refractivity contribution in [2.75, 3.05) is 6.61 Å². The molecule has 0 aliphatic rings. The number of hydrogen-bond acceptors (Lipinski definition) is 4. The smallest absolute Gasteiger partial charge is 0.286 e. The number of benzene rings is 3. The summed E-state index contributed by atoms with van der Waals surface area (Å²) < 4.78 is 36.1. The van der Waals surface area contributed by atoms with Gasteiger partial charge < -0.3 is 9.63 Å². The SMILES string of the molecule is Cc1ccc(S(=O)(=O)N(O[Si](C)(C)C(C)(C)C)C(=C=C(c2ccccc2)c2ccccc2)CCCO)cc1. The monoisotopic (exact) mass is 549 g/mol. The summed E-state index contributed by atoms with van der Waals surface area (Å²) in [6.07, 6.45) is 0.624. The maximum Gasteiger partial charge on any atom is 0.286 e. The Morgan fingerprint density at radius 3 is 1.84 bits per heavy atom. The summed E-state index contributed by atoms with van der Waals surface area (Å²) in [6.45, 7) is 12.1. The van der Waals surface area contributed by atoms with Crippen molar-refractivity contribution in [3.05, 3.63) is 113 Å². The van der Waals surface area contributed by atoms with E-state index in [9.17, 15) is 13.5 Å². The second kappa shape index (κ2) is 12.3. The molecule has 0 saturated heterocycles. The van der Waals surface area contributed by atoms with E-state index in [1.54, 1.807) is 24.3 Å². The Hall–Kier alpha value is -2.93. The van der Waals surface area contributed by atoms with Gasteiger partial charge in [0.1, 0.15) is 5.70 Å². The van der Waals surface area contributed by atoms with E-state index in [0.717, 1.165) is 26.7 Å². The Labute approximate surface area is 229 Å². The third kappa shape index (κ3) is 7.13. The minimum Gasteiger partial charge on any atom is -0.396 e. The van der Waals surface area contributed by atoms with Crippen LogP contribution < -0.4 is 0 Å². The molecule has 5 nitrogen and oxygen atoms in total. The summed E-state index contributed by atoms with van der Waals surface area (Å²) in [6, 6.07) is 26.4. The van der Waals surface area contributed by atoms with Crippen LogP contribution in [0, 0.1) is 6.92 Å². The number of nitrogens with zero attached hydrogens (tertiary/aromatic N) is 1. The van der Waals surface area contributed by atoms with E-state index in [1.165, 1.54) is 0 Å². The van der Waals surface area contributed by atoms with Gasteiger partial charge in [0, 0.05) is 18.6 Å². The van der Waals surface area contributed by atoms with E-state index >= 15 is 0 Å². The Bertz CT molecular complexity index is 1330. The van der Waals surface area contributed by atoms with Crippen LogP contribution in [0.25, 0.3) is 5.57 Å². The molecule has 0 heterocycles. The zero-order valence-electron chi connectivity index (χ0n) is 23.2. The van der Waals surface area contributed by atoms with Crippen LogP contribution in [-0.2, 0) is 14.6 Å². The van der Waals surface area contributed by atoms with Crippen molar-refractivity contribution >= 4 is 23.9 Å². The third-order valence-electron chi connectivity index (χ3n) is 6.84. The van der Waals surface area contributed by atoms with Crippen molar-refractivity contribution in [2.45, 2.75) is 63.6 Å². The van der Waals surface area contributed by atoms with E-state index in [4.69, 9.17) is 4.53 Å². The van der Waals surface area contributed by atoms with Crippen LogP contribution in [0.5, 0.6) is 0 Å². The fraction of sp³-hybridized carbons (Fsp3) is 0.323. The normalized spacial score (nSPS) is 12.1. The average Bonchev–Trinajstić information content (AvgIpc) is 2.88. The molecular formula is C31H39NO4SSi. The standard InChI is InChI=1S/C31H39NO4SSi/c1-25-19-21-29(22-20-25)37(34,35)32(36-38(5,6)31(2,3)4)28(18-13-23-33)24-30(26-14-9-7-10-15-26)27-16-11-8-12-17-27/h7-12,14-17,19-22,33H,13,18,23H2,1-6H3. The zero-order valence-corrected chi connectivity index (χ0v) is 25.0. The molecule has 1 N–H and O–H groups in total. The molecule has 38 heavy (non-hydrogen) atoms. The first kappa shape index (κ1) is 29.6. The lowest BCUT2D eigenvalue weighted by Gasteiger charge is -2.40. The molecule has 3 rings (SSSR count). The van der Waals surface area contributed by atoms with E-state index in [0.29, 0.717) is 12.1 Å². The molecule has 7 heteroatoms. The molecule has 3 aromatic carbocycles. The molecule has 202 valence electrons. The third-order valence-corrected chi connectivity index (χ3v) is 12.8. The number of hydroxylamine groups is 1. The van der Waals surface area contributed by atoms with Crippen LogP contribution in [0.3, 0.4) is 0 Å². The van der Waals surface area contributed by atoms with Gasteiger partial charge >= 0.3 is 0 Å². The maximum absolute atomic E-state index is 14.2. The van der Waals surface area contributed by atoms with E-state index in [2.05, 4.69) is 26.5 Å². The van der Waals surface area contributed by atoms with Crippen molar-refractivity contribution in [3.8, 4) is 0 Å². The number of aryl methyl sites for hydroxylation is 1. The lowest BCUT2D eigenvalue weighted by atomic mass is 9.98. The number of allylic oxidation sites excluding steroid dienone is 1. The molecule has 0 aliphatic carbocycles. The predicted molar refractivity (Wildman–Crippen MR) is 157 cm³/mol. The fourth-order valence-corrected chi connectivity index (χ4v) is 6.36. The van der Waals surface area contributed by atoms with Crippen molar-refractivity contribution in [2.24, 2.45) is 0 Å². The molecule has 0 aromatic heterocycles. The van der Waals surface area contributed by atoms with Crippen LogP contribution in [0.1, 0.15) is 50.3 Å². The predicted octanol–water partition coefficient (Wildman–Crippen LogP) is 7.31. The van der Waals surface area contributed by atoms with Crippen molar-refractivity contribution in [3.63, 3.8) is 0 Å². The first-order valence-electron chi connectivity index (χ1n) is 12.9. The van der Waals surface area contributed by atoms with Gasteiger partial charge in [0.2, 0.25) is 8.32 Å². The molecule has 0 aliphatic heterocycles. The Morgan fingerprint density at radius 1 is 0.895 bits per heavy atom. The second-order valence-corrected chi connectivity index (χ2v) is 17.4. The van der Waals surface area contributed by atoms with Crippen LogP contribution in [-0.4, -0.2) is 32.9 Å². The largest absolute Gasteiger partial charge is 0.396 e. The highest BCUT2D eigenvalue weighted by molar-refractivity contribution is 7.89. The van der Waals surface area contributed by atoms with Crippen molar-refractivity contribution < 1.29 is 18.1 Å². The van der Waals surface area contributed by atoms with Crippen molar-refractivity contribution in [1.29, 1.82) is 0 Å². The molecule has 0 amide bonds. The number of aliphatic hydroxyl groups is 1. The van der Waals surface area contributed by atoms with Gasteiger partial charge in [-0.25, -0.2) is 0 Å². The molecule has 0 atom stereocenters. The lowest BCUT2D eigenvalue weighted by molar-refractivity contribution is 0.0493. The molecule has 0 fully saturated rings. The fourth-order valence-electron chi connectivity index (χ4n) is 3.51. The Morgan fingerprint density at radius 2 is 1.39 bits per heavy atom. The summed E-state index contributed by atoms with van der Waals surface area (Å²) in [5.41, 5.74) is 7.33. The highest BCUT2D eigenvalue weighted by atomic mass is 32.2. The van der Waals surface area contributed by atoms with Gasteiger partial charge in [-0.15, -0.1) is 4.47 Å². The molecule has 0 bridgehead atoms. The average molecular weight is 550 g/mol. The number of hydrogen-bond donors (Lipinski definition) is 1. The van der Waals surface area contributed by atoms with Crippen LogP contribution in [0.15, 0.2) is 101 Å². The van der Waals surface area contributed by atoms with Gasteiger partial charge in [-0.05, 0) is 54.7 Å². The van der Waals surface area contributed by atoms with Crippen LogP contribution in [0.2, 0.25) is 18.1 Å². The summed E-state index contributed by atoms with van der Waals surface area (Å²) >= 11 is 0. The van der Waals surface area contributed by atoms with Gasteiger partial charge in [0.05, 0.1) is 4.90 Å². The first-order valence-corrected chi connectivity index (χ1v) is 17.2. The molecule has 0 spiro atoms. The summed E-state index contributed by atoms with van der Waals surface area (Å²) in [7, 11) is -6.72. The minimum atomic E-state index is -4.10. The zero-order chi connectivity index (χ0) is 28.0. The van der Waals surface area contributed by atoms with E-state index in [-0.39, 0.29) is 23.0 Å². The summed E-state index contributed by atoms with van der Waals surface area (Å²) in [5.74, 6) is 0. The summed E-state index contributed by atoms with van der Waals surface area (Å²) in [5, 5.41) is 9.48. The van der Waals surface area contributed by atoms with Crippen LogP contribution >= 0.6 is 0 Å². The second-order valence-electron chi connectivity index (χ2n) is 10.9. The molecule has 0 unspecified atom stereocenters. The molecule has 3 aromatic rings. The molecular weight excluding hydrogens is 510 g/mol. The molecule has 0 saturated carbocycles. The van der Waals surface area contributed by atoms with E-state index in [1.807, 2.05) is 80.7 Å². The minimum absolute atomic E-state index is 0.0876. The lowest BCUT2D eigenvalue weighted by Crippen LogP contribution is -2.48. The van der Waals surface area contributed by atoms with Crippen LogP contribution in [0.4, 0.5) is 0 Å². The van der Waals surface area contributed by atoms with E-state index < -0.39 is 18.3 Å². The summed E-state index contributed by atoms with van der Waals surface area (Å²) in [4.78, 5) is 0.145. The maximum atomic E-state index is 14.2. The van der Waals surface area contributed by atoms with Crippen molar-refractivity contribution in [1.82, 2.24) is 4.47 Å². The van der Waals surface area contributed by atoms with Gasteiger partial charge in [-0.1, -0.05) is 105 Å². The topological polar surface area (TPSA) is 66.8 Å². The molecule has 0 radical (unpaired) electrons. The quantitative estimate of drug-likeness (QED) is 0.164. The number of rotatable bonds is 10. The van der Waals surface area contributed by atoms with Gasteiger partial charge in [-0.3, -0.25) is 0 Å². The first-order chi connectivity index (χ1) is 17.9. The number of sulfonamides is 1. The van der Waals surface area contributed by atoms with Gasteiger partial charge in [0.15, 0.2) is 0 Å². The highest BCUT2D eigenvalue weighted by Gasteiger charge is 2.43. The Kier molecular flexibility index (Phi) is 9.58. The highest BCUT2D eigenvalue weighted by Crippen LogP contribution is 2.39. The number of aliphatic hydroxyl groups excluding tert-OH is 1.